The molecule has 0 atom stereocenters. The number of carbonyl (C=O) groups excluding carboxylic acids is 1. The Balaban J connectivity index is 1.60. The summed E-state index contributed by atoms with van der Waals surface area (Å²) < 4.78 is 20.1. The molecule has 1 amide bonds. The van der Waals surface area contributed by atoms with Gasteiger partial charge in [0.2, 0.25) is 0 Å². The van der Waals surface area contributed by atoms with E-state index in [0.29, 0.717) is 31.9 Å². The number of anilines is 2. The molecule has 0 aromatic heterocycles. The van der Waals surface area contributed by atoms with Crippen LogP contribution in [0.25, 0.3) is 0 Å². The summed E-state index contributed by atoms with van der Waals surface area (Å²) in [6.45, 7) is 9.82. The van der Waals surface area contributed by atoms with Crippen LogP contribution in [0.15, 0.2) is 18.2 Å². The Labute approximate surface area is 159 Å². The van der Waals surface area contributed by atoms with Crippen molar-refractivity contribution in [2.24, 2.45) is 0 Å². The first-order chi connectivity index (χ1) is 12.3. The molecular formula is C19H28FN3O2S. The molecule has 2 fully saturated rings. The molecule has 3 rings (SSSR count). The van der Waals surface area contributed by atoms with E-state index in [-0.39, 0.29) is 11.9 Å². The van der Waals surface area contributed by atoms with Crippen LogP contribution in [-0.4, -0.2) is 67.4 Å². The zero-order valence-electron chi connectivity index (χ0n) is 15.8. The molecule has 144 valence electrons. The lowest BCUT2D eigenvalue weighted by molar-refractivity contribution is 0.0240. The maximum Gasteiger partial charge on any atom is 0.410 e. The van der Waals surface area contributed by atoms with Crippen molar-refractivity contribution in [3.63, 3.8) is 0 Å². The number of carbonyl (C=O) groups is 1. The molecule has 2 aliphatic heterocycles. The summed E-state index contributed by atoms with van der Waals surface area (Å²) in [4.78, 5) is 18.1. The lowest BCUT2D eigenvalue weighted by Gasteiger charge is -2.37. The Morgan fingerprint density at radius 2 is 1.69 bits per heavy atom. The number of ether oxygens (including phenoxy) is 1. The quantitative estimate of drug-likeness (QED) is 0.784. The zero-order valence-corrected chi connectivity index (χ0v) is 16.6. The molecule has 2 saturated heterocycles. The van der Waals surface area contributed by atoms with Crippen molar-refractivity contribution in [2.75, 3.05) is 60.6 Å². The van der Waals surface area contributed by atoms with Gasteiger partial charge in [0.05, 0.1) is 5.69 Å². The van der Waals surface area contributed by atoms with E-state index in [2.05, 4.69) is 4.90 Å². The second-order valence-corrected chi connectivity index (χ2v) is 8.91. The molecule has 1 aromatic carbocycles. The topological polar surface area (TPSA) is 36.0 Å². The van der Waals surface area contributed by atoms with Gasteiger partial charge in [-0.15, -0.1) is 0 Å². The van der Waals surface area contributed by atoms with Gasteiger partial charge in [0.15, 0.2) is 0 Å². The highest BCUT2D eigenvalue weighted by Gasteiger charge is 2.27. The van der Waals surface area contributed by atoms with Gasteiger partial charge in [-0.2, -0.15) is 11.8 Å². The molecule has 2 heterocycles. The minimum Gasteiger partial charge on any atom is -0.444 e. The summed E-state index contributed by atoms with van der Waals surface area (Å²) in [7, 11) is 0. The molecule has 5 nitrogen and oxygen atoms in total. The lowest BCUT2D eigenvalue weighted by Crippen LogP contribution is -2.50. The second-order valence-electron chi connectivity index (χ2n) is 7.69. The summed E-state index contributed by atoms with van der Waals surface area (Å²) in [5, 5.41) is 0. The predicted molar refractivity (Wildman–Crippen MR) is 106 cm³/mol. The summed E-state index contributed by atoms with van der Waals surface area (Å²) in [6.07, 6.45) is -0.295. The Hall–Kier alpha value is -1.63. The summed E-state index contributed by atoms with van der Waals surface area (Å²) in [5.41, 5.74) is 1.08. The van der Waals surface area contributed by atoms with Crippen LogP contribution in [0.4, 0.5) is 20.6 Å². The fourth-order valence-electron chi connectivity index (χ4n) is 3.23. The van der Waals surface area contributed by atoms with Gasteiger partial charge in [0.25, 0.3) is 0 Å². The summed E-state index contributed by atoms with van der Waals surface area (Å²) in [6, 6.07) is 5.52. The zero-order chi connectivity index (χ0) is 18.7. The van der Waals surface area contributed by atoms with E-state index < -0.39 is 5.60 Å². The number of rotatable bonds is 2. The van der Waals surface area contributed by atoms with E-state index in [9.17, 15) is 9.18 Å². The van der Waals surface area contributed by atoms with Crippen LogP contribution in [-0.2, 0) is 4.74 Å². The summed E-state index contributed by atoms with van der Waals surface area (Å²) >= 11 is 1.94. The van der Waals surface area contributed by atoms with Gasteiger partial charge in [-0.3, -0.25) is 0 Å². The van der Waals surface area contributed by atoms with Crippen LogP contribution in [0.1, 0.15) is 20.8 Å². The SMILES string of the molecule is CC(C)(C)OC(=O)N1CCN(c2ccc(N3CCSCC3)cc2F)CC1. The second kappa shape index (κ2) is 7.94. The van der Waals surface area contributed by atoms with Crippen LogP contribution in [0, 0.1) is 5.82 Å². The highest BCUT2D eigenvalue weighted by Crippen LogP contribution is 2.27. The third-order valence-corrected chi connectivity index (χ3v) is 5.52. The van der Waals surface area contributed by atoms with Gasteiger partial charge in [0, 0.05) is 56.5 Å². The molecule has 1 aromatic rings. The van der Waals surface area contributed by atoms with Gasteiger partial charge in [0.1, 0.15) is 11.4 Å². The van der Waals surface area contributed by atoms with Crippen LogP contribution < -0.4 is 9.80 Å². The molecule has 0 radical (unpaired) electrons. The molecule has 0 saturated carbocycles. The van der Waals surface area contributed by atoms with E-state index >= 15 is 0 Å². The molecule has 0 spiro atoms. The first-order valence-corrected chi connectivity index (χ1v) is 10.3. The summed E-state index contributed by atoms with van der Waals surface area (Å²) in [5.74, 6) is 2.00. The third kappa shape index (κ3) is 4.75. The molecule has 0 unspecified atom stereocenters. The van der Waals surface area contributed by atoms with Gasteiger partial charge >= 0.3 is 6.09 Å². The largest absolute Gasteiger partial charge is 0.444 e. The molecule has 7 heteroatoms. The minimum absolute atomic E-state index is 0.188. The Kier molecular flexibility index (Phi) is 5.85. The number of thioether (sulfide) groups is 1. The molecule has 26 heavy (non-hydrogen) atoms. The van der Waals surface area contributed by atoms with E-state index in [1.54, 1.807) is 11.0 Å². The van der Waals surface area contributed by atoms with E-state index in [4.69, 9.17) is 4.74 Å². The number of piperazine rings is 1. The first-order valence-electron chi connectivity index (χ1n) is 9.18. The highest BCUT2D eigenvalue weighted by atomic mass is 32.2. The monoisotopic (exact) mass is 381 g/mol. The number of nitrogens with zero attached hydrogens (tertiary/aromatic N) is 3. The van der Waals surface area contributed by atoms with Crippen LogP contribution in [0.5, 0.6) is 0 Å². The number of amides is 1. The van der Waals surface area contributed by atoms with Crippen molar-refractivity contribution in [3.05, 3.63) is 24.0 Å². The van der Waals surface area contributed by atoms with Crippen molar-refractivity contribution in [1.29, 1.82) is 0 Å². The molecular weight excluding hydrogens is 353 g/mol. The fourth-order valence-corrected chi connectivity index (χ4v) is 4.13. The molecule has 0 N–H and O–H groups in total. The smallest absolute Gasteiger partial charge is 0.410 e. The van der Waals surface area contributed by atoms with Crippen LogP contribution in [0.3, 0.4) is 0 Å². The van der Waals surface area contributed by atoms with Gasteiger partial charge < -0.3 is 19.4 Å². The Morgan fingerprint density at radius 3 is 2.27 bits per heavy atom. The maximum atomic E-state index is 14.7. The Bertz CT molecular complexity index is 636. The van der Waals surface area contributed by atoms with E-state index in [1.165, 1.54) is 0 Å². The Morgan fingerprint density at radius 1 is 1.04 bits per heavy atom. The first kappa shape index (κ1) is 19.1. The number of benzene rings is 1. The van der Waals surface area contributed by atoms with Crippen LogP contribution >= 0.6 is 11.8 Å². The van der Waals surface area contributed by atoms with Crippen molar-refractivity contribution < 1.29 is 13.9 Å². The van der Waals surface area contributed by atoms with Crippen molar-refractivity contribution in [1.82, 2.24) is 4.90 Å². The number of halogens is 1. The third-order valence-electron chi connectivity index (χ3n) is 4.58. The highest BCUT2D eigenvalue weighted by molar-refractivity contribution is 7.99. The molecule has 2 aliphatic rings. The van der Waals surface area contributed by atoms with Crippen LogP contribution in [0.2, 0.25) is 0 Å². The fraction of sp³-hybridized carbons (Fsp3) is 0.632. The lowest BCUT2D eigenvalue weighted by atomic mass is 10.2. The van der Waals surface area contributed by atoms with Crippen molar-refractivity contribution in [2.45, 2.75) is 26.4 Å². The van der Waals surface area contributed by atoms with Crippen molar-refractivity contribution in [3.8, 4) is 0 Å². The maximum absolute atomic E-state index is 14.7. The normalized spacial score (nSPS) is 18.8. The molecule has 0 bridgehead atoms. The van der Waals surface area contributed by atoms with Gasteiger partial charge in [-0.05, 0) is 39.0 Å². The number of hydrogen-bond acceptors (Lipinski definition) is 5. The van der Waals surface area contributed by atoms with E-state index in [0.717, 1.165) is 30.3 Å². The average molecular weight is 382 g/mol. The number of hydrogen-bond donors (Lipinski definition) is 0. The van der Waals surface area contributed by atoms with Gasteiger partial charge in [-0.1, -0.05) is 0 Å². The molecule has 0 aliphatic carbocycles. The minimum atomic E-state index is -0.497. The van der Waals surface area contributed by atoms with Crippen molar-refractivity contribution >= 4 is 29.2 Å². The van der Waals surface area contributed by atoms with Gasteiger partial charge in [-0.25, -0.2) is 9.18 Å². The predicted octanol–water partition coefficient (Wildman–Crippen LogP) is 3.44. The standard InChI is InChI=1S/C19H28FN3O2S/c1-19(2,3)25-18(24)23-8-6-22(7-9-23)17-5-4-15(14-16(17)20)21-10-12-26-13-11-21/h4-5,14H,6-13H2,1-3H3. The average Bonchev–Trinajstić information content (AvgIpc) is 2.61. The van der Waals surface area contributed by atoms with E-state index in [1.807, 2.05) is 49.6 Å².